The quantitative estimate of drug-likeness (QED) is 0.101. The van der Waals surface area contributed by atoms with Gasteiger partial charge in [-0.15, -0.1) is 0 Å². The zero-order valence-electron chi connectivity index (χ0n) is 37.4. The van der Waals surface area contributed by atoms with Gasteiger partial charge < -0.3 is 44.5 Å². The fraction of sp³-hybridized carbons (Fsp3) is 0.707. The van der Waals surface area contributed by atoms with Gasteiger partial charge >= 0.3 is 11.7 Å². The first-order valence-corrected chi connectivity index (χ1v) is 26.0. The van der Waals surface area contributed by atoms with E-state index >= 15 is 0 Å². The number of rotatable bonds is 17. The molecule has 1 aliphatic heterocycles. The van der Waals surface area contributed by atoms with Gasteiger partial charge in [0.25, 0.3) is 5.56 Å². The number of benzene rings is 1. The lowest BCUT2D eigenvalue weighted by molar-refractivity contribution is -0.166. The van der Waals surface area contributed by atoms with Crippen molar-refractivity contribution in [2.24, 2.45) is 5.73 Å². The summed E-state index contributed by atoms with van der Waals surface area (Å²) >= 11 is 0. The van der Waals surface area contributed by atoms with Crippen molar-refractivity contribution in [1.29, 1.82) is 0 Å². The minimum Gasteiger partial charge on any atom is -0.497 e. The van der Waals surface area contributed by atoms with Gasteiger partial charge in [-0.2, -0.15) is 0 Å². The second kappa shape index (κ2) is 19.0. The molecule has 328 valence electrons. The van der Waals surface area contributed by atoms with Crippen LogP contribution in [0.1, 0.15) is 87.4 Å². The summed E-state index contributed by atoms with van der Waals surface area (Å²) in [5.41, 5.74) is 4.35. The second-order valence-corrected chi connectivity index (χ2v) is 28.9. The number of aliphatic hydroxyl groups excluding tert-OH is 1. The third-order valence-electron chi connectivity index (χ3n) is 11.3. The van der Waals surface area contributed by atoms with Crippen LogP contribution in [0.5, 0.6) is 5.75 Å². The Kier molecular flexibility index (Phi) is 16.2. The minimum atomic E-state index is -2.70. The monoisotopic (exact) mass is 849 g/mol. The van der Waals surface area contributed by atoms with E-state index in [2.05, 4.69) is 78.4 Å². The summed E-state index contributed by atoms with van der Waals surface area (Å²) < 4.78 is 34.7. The molecule has 5 N–H and O–H groups in total. The summed E-state index contributed by atoms with van der Waals surface area (Å²) in [6.07, 6.45) is -4.09. The van der Waals surface area contributed by atoms with Crippen LogP contribution in [0, 0.1) is 0 Å². The van der Waals surface area contributed by atoms with E-state index in [1.807, 2.05) is 0 Å². The Morgan fingerprint density at radius 2 is 1.45 bits per heavy atom. The summed E-state index contributed by atoms with van der Waals surface area (Å²) in [4.78, 5) is 53.8. The fourth-order valence-corrected chi connectivity index (χ4v) is 8.45. The van der Waals surface area contributed by atoms with Crippen molar-refractivity contribution >= 4 is 28.5 Å². The van der Waals surface area contributed by atoms with Gasteiger partial charge in [-0.1, -0.05) is 53.7 Å². The number of esters is 1. The molecule has 0 radical (unpaired) electrons. The molecule has 1 fully saturated rings. The lowest BCUT2D eigenvalue weighted by atomic mass is 9.99. The zero-order valence-corrected chi connectivity index (χ0v) is 39.4. The van der Waals surface area contributed by atoms with Crippen LogP contribution in [0.4, 0.5) is 0 Å². The van der Waals surface area contributed by atoms with Crippen LogP contribution in [0.25, 0.3) is 0 Å². The van der Waals surface area contributed by atoms with Crippen LogP contribution in [-0.2, 0) is 34.5 Å². The van der Waals surface area contributed by atoms with Crippen molar-refractivity contribution in [3.05, 3.63) is 62.9 Å². The largest absolute Gasteiger partial charge is 0.497 e. The Bertz CT molecular complexity index is 1810. The maximum absolute atomic E-state index is 14.5. The van der Waals surface area contributed by atoms with Gasteiger partial charge in [0.05, 0.1) is 19.7 Å². The molecule has 1 unspecified atom stereocenters. The molecule has 17 heteroatoms. The van der Waals surface area contributed by atoms with E-state index in [1.54, 1.807) is 59.1 Å². The van der Waals surface area contributed by atoms with Gasteiger partial charge in [0.15, 0.2) is 22.9 Å². The molecule has 1 aromatic heterocycles. The molecule has 58 heavy (non-hydrogen) atoms. The van der Waals surface area contributed by atoms with Crippen LogP contribution >= 0.6 is 0 Å². The Balaban J connectivity index is 2.22. The second-order valence-electron chi connectivity index (χ2n) is 19.3. The summed E-state index contributed by atoms with van der Waals surface area (Å²) in [6.45, 7) is 28.2. The molecule has 0 saturated carbocycles. The average Bonchev–Trinajstić information content (AvgIpc) is 3.41. The van der Waals surface area contributed by atoms with Crippen molar-refractivity contribution in [1.82, 2.24) is 19.8 Å². The van der Waals surface area contributed by atoms with Crippen LogP contribution in [-0.4, -0.2) is 105 Å². The molecular formula is C41H71N5O10Si2. The molecule has 3 rings (SSSR count). The highest BCUT2D eigenvalue weighted by molar-refractivity contribution is 6.74. The number of methoxy groups -OCH3 is 1. The molecule has 1 aromatic carbocycles. The summed E-state index contributed by atoms with van der Waals surface area (Å²) in [5, 5.41) is 17.8. The first-order chi connectivity index (χ1) is 26.5. The number of hydrogen-bond donors (Lipinski definition) is 4. The topological polar surface area (TPSA) is 195 Å². The van der Waals surface area contributed by atoms with Gasteiger partial charge in [0.2, 0.25) is 5.91 Å². The Morgan fingerprint density at radius 3 is 1.95 bits per heavy atom. The molecule has 1 saturated heterocycles. The fourth-order valence-electron chi connectivity index (χ4n) is 5.86. The lowest BCUT2D eigenvalue weighted by Gasteiger charge is -2.44. The van der Waals surface area contributed by atoms with Crippen molar-refractivity contribution in [3.8, 4) is 5.75 Å². The number of aromatic nitrogens is 2. The number of carbonyl (C=O) groups excluding carboxylic acids is 2. The third-order valence-corrected chi connectivity index (χ3v) is 20.3. The third kappa shape index (κ3) is 12.4. The number of aliphatic hydroxyl groups is 1. The van der Waals surface area contributed by atoms with Crippen LogP contribution in [0.15, 0.2) is 46.1 Å². The summed E-state index contributed by atoms with van der Waals surface area (Å²) in [6, 6.07) is 6.39. The highest BCUT2D eigenvalue weighted by Crippen LogP contribution is 2.46. The molecule has 7 atom stereocenters. The smallest absolute Gasteiger partial charge is 0.333 e. The van der Waals surface area contributed by atoms with Crippen LogP contribution in [0.3, 0.4) is 0 Å². The van der Waals surface area contributed by atoms with Gasteiger partial charge in [-0.25, -0.2) is 4.79 Å². The van der Waals surface area contributed by atoms with E-state index in [0.717, 1.165) is 4.57 Å². The number of nitrogens with two attached hydrogens (primary N) is 1. The Labute approximate surface area is 346 Å². The zero-order chi connectivity index (χ0) is 44.2. The number of carbonyl (C=O) groups is 2. The van der Waals surface area contributed by atoms with E-state index in [0.29, 0.717) is 17.7 Å². The van der Waals surface area contributed by atoms with E-state index in [-0.39, 0.29) is 35.6 Å². The summed E-state index contributed by atoms with van der Waals surface area (Å²) in [5.74, 6) is -0.390. The maximum atomic E-state index is 14.5. The standard InChI is InChI=1S/C41H71N5O10Si2/c1-26(42)35(49)44-23-16-22-43-30(37(50)54-39(2,3)4)31(48)32-33(55-57(12,13)40(5,6)7)34(56-58(14,15)41(8,9)10)36(53-32)45-24-21-29(47)46(38(45)51)25-27-17-19-28(52-11)20-18-27/h17-21,24,26,30-34,36,43,48H,16,22-23,25,42H2,1-15H3,(H,44,49)/t26-,30-,31+,32?,33+,34+,36+/m0/s1. The molecule has 2 aromatic rings. The van der Waals surface area contributed by atoms with Crippen molar-refractivity contribution < 1.29 is 37.8 Å². The Morgan fingerprint density at radius 1 is 0.897 bits per heavy atom. The molecular weight excluding hydrogens is 779 g/mol. The number of amides is 1. The minimum absolute atomic E-state index is 0.0196. The first-order valence-electron chi connectivity index (χ1n) is 20.1. The molecule has 1 aliphatic rings. The van der Waals surface area contributed by atoms with Gasteiger partial charge in [0.1, 0.15) is 41.8 Å². The Hall–Kier alpha value is -3.17. The van der Waals surface area contributed by atoms with Gasteiger partial charge in [0, 0.05) is 18.8 Å². The molecule has 1 amide bonds. The van der Waals surface area contributed by atoms with E-state index in [9.17, 15) is 24.3 Å². The van der Waals surface area contributed by atoms with Crippen molar-refractivity contribution in [2.45, 2.75) is 167 Å². The van der Waals surface area contributed by atoms with E-state index < -0.39 is 82.2 Å². The van der Waals surface area contributed by atoms with Crippen LogP contribution < -0.4 is 32.4 Å². The summed E-state index contributed by atoms with van der Waals surface area (Å²) in [7, 11) is -3.82. The number of nitrogens with one attached hydrogen (secondary N) is 2. The molecule has 0 bridgehead atoms. The van der Waals surface area contributed by atoms with Crippen molar-refractivity contribution in [3.63, 3.8) is 0 Å². The highest BCUT2D eigenvalue weighted by Gasteiger charge is 2.57. The normalized spacial score (nSPS) is 21.0. The van der Waals surface area contributed by atoms with Gasteiger partial charge in [-0.3, -0.25) is 23.5 Å². The predicted octanol–water partition coefficient (Wildman–Crippen LogP) is 4.26. The number of nitrogens with zero attached hydrogens (tertiary/aromatic N) is 2. The molecule has 15 nitrogen and oxygen atoms in total. The molecule has 0 spiro atoms. The number of hydrogen-bond acceptors (Lipinski definition) is 12. The first kappa shape index (κ1) is 49.2. The highest BCUT2D eigenvalue weighted by atomic mass is 28.4. The molecule has 0 aliphatic carbocycles. The van der Waals surface area contributed by atoms with E-state index in [4.69, 9.17) is 28.8 Å². The average molecular weight is 850 g/mol. The molecule has 2 heterocycles. The predicted molar refractivity (Wildman–Crippen MR) is 230 cm³/mol. The lowest BCUT2D eigenvalue weighted by Crippen LogP contribution is -2.59. The van der Waals surface area contributed by atoms with Crippen molar-refractivity contribution in [2.75, 3.05) is 20.2 Å². The number of ether oxygens (including phenoxy) is 3. The van der Waals surface area contributed by atoms with E-state index in [1.165, 1.54) is 16.8 Å². The van der Waals surface area contributed by atoms with Gasteiger partial charge in [-0.05, 0) is 94.6 Å². The maximum Gasteiger partial charge on any atom is 0.333 e. The van der Waals surface area contributed by atoms with Crippen LogP contribution in [0.2, 0.25) is 36.3 Å². The SMILES string of the molecule is COc1ccc(Cn2c(=O)ccn([C@@H]3OC([C@H](O)[C@H](NCCCNC(=O)[C@H](C)N)C(=O)OC(C)(C)C)[C@@H](O[Si](C)(C)C(C)(C)C)[C@H]3O[Si](C)(C)C(C)(C)C)c2=O)cc1.